The van der Waals surface area contributed by atoms with Crippen molar-refractivity contribution in [2.45, 2.75) is 31.8 Å². The highest BCUT2D eigenvalue weighted by Gasteiger charge is 2.13. The Morgan fingerprint density at radius 3 is 2.88 bits per heavy atom. The second-order valence-corrected chi connectivity index (χ2v) is 5.92. The first-order valence-corrected chi connectivity index (χ1v) is 8.20. The number of thioether (sulfide) groups is 1. The Bertz CT molecular complexity index is 304. The second-order valence-electron chi connectivity index (χ2n) is 3.80. The zero-order valence-corrected chi connectivity index (χ0v) is 12.5. The van der Waals surface area contributed by atoms with Crippen LogP contribution in [0.5, 0.6) is 0 Å². The molecular weight excluding hydrogens is 260 g/mol. The van der Waals surface area contributed by atoms with Gasteiger partial charge < -0.3 is 0 Å². The third-order valence-corrected chi connectivity index (χ3v) is 4.45. The van der Waals surface area contributed by atoms with Crippen molar-refractivity contribution in [1.82, 2.24) is 9.88 Å². The quantitative estimate of drug-likeness (QED) is 0.711. The lowest BCUT2D eigenvalue weighted by atomic mass is 10.2. The minimum Gasteiger partial charge on any atom is -0.296 e. The molecule has 0 radical (unpaired) electrons. The van der Waals surface area contributed by atoms with Gasteiger partial charge in [0.05, 0.1) is 18.1 Å². The summed E-state index contributed by atoms with van der Waals surface area (Å²) in [5, 5.41) is 3.21. The van der Waals surface area contributed by atoms with Crippen LogP contribution in [-0.4, -0.2) is 35.0 Å². The fourth-order valence-electron chi connectivity index (χ4n) is 1.57. The summed E-state index contributed by atoms with van der Waals surface area (Å²) in [7, 11) is 2.17. The summed E-state index contributed by atoms with van der Waals surface area (Å²) in [6, 6.07) is 0.637. The minimum absolute atomic E-state index is 0.516. The molecule has 0 aliphatic rings. The summed E-state index contributed by atoms with van der Waals surface area (Å²) >= 11 is 9.35. The van der Waals surface area contributed by atoms with Gasteiger partial charge in [-0.2, -0.15) is 11.8 Å². The van der Waals surface area contributed by atoms with E-state index in [1.807, 2.05) is 17.1 Å². The van der Waals surface area contributed by atoms with Gasteiger partial charge in [-0.15, -0.1) is 22.9 Å². The van der Waals surface area contributed by atoms with Gasteiger partial charge in [0, 0.05) is 17.2 Å². The van der Waals surface area contributed by atoms with Crippen molar-refractivity contribution < 1.29 is 0 Å². The molecule has 5 heteroatoms. The van der Waals surface area contributed by atoms with E-state index < -0.39 is 0 Å². The van der Waals surface area contributed by atoms with Crippen molar-refractivity contribution >= 4 is 34.7 Å². The molecule has 16 heavy (non-hydrogen) atoms. The van der Waals surface area contributed by atoms with Crippen LogP contribution in [-0.2, 0) is 12.4 Å². The van der Waals surface area contributed by atoms with Crippen molar-refractivity contribution in [3.8, 4) is 0 Å². The molecule has 1 heterocycles. The highest BCUT2D eigenvalue weighted by molar-refractivity contribution is 7.98. The van der Waals surface area contributed by atoms with Crippen molar-refractivity contribution in [2.75, 3.05) is 19.1 Å². The summed E-state index contributed by atoms with van der Waals surface area (Å²) < 4.78 is 0. The van der Waals surface area contributed by atoms with E-state index in [0.29, 0.717) is 11.9 Å². The summed E-state index contributed by atoms with van der Waals surface area (Å²) in [6.45, 7) is 3.17. The molecule has 1 unspecified atom stereocenters. The normalized spacial score (nSPS) is 13.3. The first-order valence-electron chi connectivity index (χ1n) is 5.39. The van der Waals surface area contributed by atoms with Crippen LogP contribution >= 0.6 is 34.7 Å². The molecule has 0 aliphatic carbocycles. The van der Waals surface area contributed by atoms with Crippen LogP contribution in [0.2, 0.25) is 0 Å². The minimum atomic E-state index is 0.516. The largest absolute Gasteiger partial charge is 0.296 e. The standard InChI is InChI=1S/C11H19ClN2S2/c1-4-10(8-15-3)14(2)6-11-13-9(5-12)7-16-11/h7,10H,4-6,8H2,1-3H3. The third kappa shape index (κ3) is 4.24. The van der Waals surface area contributed by atoms with E-state index in [-0.39, 0.29) is 0 Å². The van der Waals surface area contributed by atoms with Crippen LogP contribution < -0.4 is 0 Å². The smallest absolute Gasteiger partial charge is 0.107 e. The van der Waals surface area contributed by atoms with Gasteiger partial charge in [-0.05, 0) is 19.7 Å². The van der Waals surface area contributed by atoms with E-state index in [9.17, 15) is 0 Å². The Balaban J connectivity index is 2.51. The number of halogens is 1. The number of hydrogen-bond acceptors (Lipinski definition) is 4. The number of aromatic nitrogens is 1. The molecule has 0 aliphatic heterocycles. The SMILES string of the molecule is CCC(CSC)N(C)Cc1nc(CCl)cs1. The van der Waals surface area contributed by atoms with Crippen molar-refractivity contribution in [2.24, 2.45) is 0 Å². The van der Waals surface area contributed by atoms with Crippen LogP contribution in [0.4, 0.5) is 0 Å². The number of nitrogens with zero attached hydrogens (tertiary/aromatic N) is 2. The van der Waals surface area contributed by atoms with Crippen LogP contribution in [0.15, 0.2) is 5.38 Å². The Labute approximate surface area is 111 Å². The predicted molar refractivity (Wildman–Crippen MR) is 75.6 cm³/mol. The lowest BCUT2D eigenvalue weighted by Crippen LogP contribution is -2.32. The number of rotatable bonds is 7. The van der Waals surface area contributed by atoms with E-state index in [0.717, 1.165) is 17.2 Å². The van der Waals surface area contributed by atoms with Gasteiger partial charge in [0.15, 0.2) is 0 Å². The molecule has 1 atom stereocenters. The zero-order valence-electron chi connectivity index (χ0n) is 10.1. The molecule has 92 valence electrons. The summed E-state index contributed by atoms with van der Waals surface area (Å²) in [5.74, 6) is 1.70. The first-order chi connectivity index (χ1) is 7.71. The van der Waals surface area contributed by atoms with E-state index in [1.54, 1.807) is 11.3 Å². The average Bonchev–Trinajstić information content (AvgIpc) is 2.73. The lowest BCUT2D eigenvalue weighted by molar-refractivity contribution is 0.247. The number of hydrogen-bond donors (Lipinski definition) is 0. The van der Waals surface area contributed by atoms with Crippen molar-refractivity contribution in [3.05, 3.63) is 16.1 Å². The Hall–Kier alpha value is 0.230. The van der Waals surface area contributed by atoms with Gasteiger partial charge in [0.25, 0.3) is 0 Å². The van der Waals surface area contributed by atoms with E-state index in [2.05, 4.69) is 30.1 Å². The maximum absolute atomic E-state index is 5.74. The van der Waals surface area contributed by atoms with Crippen LogP contribution in [0, 0.1) is 0 Å². The van der Waals surface area contributed by atoms with Gasteiger partial charge in [-0.25, -0.2) is 4.98 Å². The summed E-state index contributed by atoms with van der Waals surface area (Å²) in [5.41, 5.74) is 0.994. The van der Waals surface area contributed by atoms with Gasteiger partial charge in [-0.1, -0.05) is 6.92 Å². The van der Waals surface area contributed by atoms with E-state index in [4.69, 9.17) is 11.6 Å². The van der Waals surface area contributed by atoms with Gasteiger partial charge >= 0.3 is 0 Å². The second kappa shape index (κ2) is 7.54. The molecule has 2 nitrogen and oxygen atoms in total. The molecule has 0 fully saturated rings. The topological polar surface area (TPSA) is 16.1 Å². The molecule has 0 N–H and O–H groups in total. The summed E-state index contributed by atoms with van der Waals surface area (Å²) in [4.78, 5) is 6.87. The van der Waals surface area contributed by atoms with Crippen molar-refractivity contribution in [3.63, 3.8) is 0 Å². The van der Waals surface area contributed by atoms with Crippen molar-refractivity contribution in [1.29, 1.82) is 0 Å². The molecule has 0 saturated carbocycles. The third-order valence-electron chi connectivity index (χ3n) is 2.57. The molecule has 0 aromatic carbocycles. The molecule has 0 spiro atoms. The maximum atomic E-state index is 5.74. The zero-order chi connectivity index (χ0) is 12.0. The van der Waals surface area contributed by atoms with Crippen LogP contribution in [0.3, 0.4) is 0 Å². The average molecular weight is 279 g/mol. The molecule has 1 rings (SSSR count). The molecule has 1 aromatic rings. The van der Waals surface area contributed by atoms with E-state index in [1.165, 1.54) is 12.2 Å². The highest BCUT2D eigenvalue weighted by atomic mass is 35.5. The lowest BCUT2D eigenvalue weighted by Gasteiger charge is -2.25. The highest BCUT2D eigenvalue weighted by Crippen LogP contribution is 2.16. The van der Waals surface area contributed by atoms with E-state index >= 15 is 0 Å². The molecule has 0 saturated heterocycles. The molecule has 0 bridgehead atoms. The number of thiazole rings is 1. The van der Waals surface area contributed by atoms with Gasteiger partial charge in [0.2, 0.25) is 0 Å². The fraction of sp³-hybridized carbons (Fsp3) is 0.727. The molecule has 1 aromatic heterocycles. The monoisotopic (exact) mass is 278 g/mol. The fourth-order valence-corrected chi connectivity index (χ4v) is 3.53. The first kappa shape index (κ1) is 14.3. The Kier molecular flexibility index (Phi) is 6.73. The van der Waals surface area contributed by atoms with Gasteiger partial charge in [-0.3, -0.25) is 4.90 Å². The van der Waals surface area contributed by atoms with Crippen LogP contribution in [0.1, 0.15) is 24.0 Å². The molecular formula is C11H19ClN2S2. The Morgan fingerprint density at radius 2 is 2.38 bits per heavy atom. The Morgan fingerprint density at radius 1 is 1.62 bits per heavy atom. The molecule has 0 amide bonds. The van der Waals surface area contributed by atoms with Crippen LogP contribution in [0.25, 0.3) is 0 Å². The maximum Gasteiger partial charge on any atom is 0.107 e. The predicted octanol–water partition coefficient (Wildman–Crippen LogP) is 3.46. The van der Waals surface area contributed by atoms with Gasteiger partial charge in [0.1, 0.15) is 5.01 Å². The summed E-state index contributed by atoms with van der Waals surface area (Å²) in [6.07, 6.45) is 3.34. The number of alkyl halides is 1.